The Labute approximate surface area is 178 Å². The van der Waals surface area contributed by atoms with E-state index in [0.717, 1.165) is 0 Å². The molecule has 0 heterocycles. The van der Waals surface area contributed by atoms with Crippen LogP contribution in [0.4, 0.5) is 5.69 Å². The lowest BCUT2D eigenvalue weighted by Crippen LogP contribution is -2.14. The molecule has 0 aliphatic carbocycles. The maximum Gasteiger partial charge on any atom is 0.266 e. The van der Waals surface area contributed by atoms with Crippen molar-refractivity contribution in [2.45, 2.75) is 6.92 Å². The van der Waals surface area contributed by atoms with E-state index in [9.17, 15) is 10.1 Å². The second-order valence-electron chi connectivity index (χ2n) is 5.69. The van der Waals surface area contributed by atoms with Gasteiger partial charge in [0, 0.05) is 0 Å². The van der Waals surface area contributed by atoms with E-state index in [0.29, 0.717) is 46.2 Å². The average molecular weight is 457 g/mol. The number of amides is 1. The zero-order valence-corrected chi connectivity index (χ0v) is 17.8. The fourth-order valence-corrected chi connectivity index (χ4v) is 3.04. The summed E-state index contributed by atoms with van der Waals surface area (Å²) in [7, 11) is 1.51. The van der Waals surface area contributed by atoms with Crippen LogP contribution in [0.5, 0.6) is 17.2 Å². The quantitative estimate of drug-likeness (QED) is 0.327. The Kier molecular flexibility index (Phi) is 8.31. The molecule has 7 heteroatoms. The number of anilines is 1. The minimum atomic E-state index is -0.543. The molecule has 0 saturated heterocycles. The Morgan fingerprint density at radius 3 is 2.69 bits per heavy atom. The molecule has 0 saturated carbocycles. The van der Waals surface area contributed by atoms with Crippen LogP contribution in [0.15, 0.2) is 59.1 Å². The molecule has 2 aromatic rings. The average Bonchev–Trinajstić information content (AvgIpc) is 2.72. The molecule has 0 unspecified atom stereocenters. The molecule has 0 fully saturated rings. The Balaban J connectivity index is 2.35. The van der Waals surface area contributed by atoms with Gasteiger partial charge in [-0.2, -0.15) is 5.26 Å². The van der Waals surface area contributed by atoms with E-state index < -0.39 is 5.91 Å². The largest absolute Gasteiger partial charge is 0.495 e. The van der Waals surface area contributed by atoms with E-state index in [-0.39, 0.29) is 5.57 Å². The summed E-state index contributed by atoms with van der Waals surface area (Å²) in [6.45, 7) is 6.24. The van der Waals surface area contributed by atoms with Crippen molar-refractivity contribution in [3.05, 3.63) is 64.7 Å². The van der Waals surface area contributed by atoms with Gasteiger partial charge in [-0.15, -0.1) is 0 Å². The maximum absolute atomic E-state index is 12.6. The van der Waals surface area contributed by atoms with Crippen molar-refractivity contribution in [1.82, 2.24) is 0 Å². The number of benzene rings is 2. The summed E-state index contributed by atoms with van der Waals surface area (Å²) in [5.41, 5.74) is 1.02. The molecule has 0 radical (unpaired) electrons. The molecule has 0 aromatic heterocycles. The van der Waals surface area contributed by atoms with Crippen LogP contribution in [-0.2, 0) is 4.79 Å². The summed E-state index contributed by atoms with van der Waals surface area (Å²) in [4.78, 5) is 12.6. The molecular formula is C22H21BrN2O4. The minimum Gasteiger partial charge on any atom is -0.495 e. The fraction of sp³-hybridized carbons (Fsp3) is 0.182. The third kappa shape index (κ3) is 5.87. The van der Waals surface area contributed by atoms with Crippen molar-refractivity contribution in [1.29, 1.82) is 5.26 Å². The summed E-state index contributed by atoms with van der Waals surface area (Å²) in [5.74, 6) is 0.986. The van der Waals surface area contributed by atoms with Gasteiger partial charge < -0.3 is 19.5 Å². The third-order valence-electron chi connectivity index (χ3n) is 3.71. The number of nitrogens with one attached hydrogen (secondary N) is 1. The number of ether oxygens (including phenoxy) is 3. The number of carbonyl (C=O) groups is 1. The highest BCUT2D eigenvalue weighted by Gasteiger charge is 2.15. The summed E-state index contributed by atoms with van der Waals surface area (Å²) in [5, 5.41) is 12.2. The van der Waals surface area contributed by atoms with Crippen LogP contribution in [-0.4, -0.2) is 26.2 Å². The van der Waals surface area contributed by atoms with Crippen LogP contribution < -0.4 is 19.5 Å². The highest BCUT2D eigenvalue weighted by atomic mass is 79.9. The minimum absolute atomic E-state index is 0.0648. The lowest BCUT2D eigenvalue weighted by Gasteiger charge is -2.14. The molecule has 1 N–H and O–H groups in total. The first kappa shape index (κ1) is 22.1. The Hall–Kier alpha value is -3.24. The monoisotopic (exact) mass is 456 g/mol. The number of rotatable bonds is 9. The predicted octanol–water partition coefficient (Wildman–Crippen LogP) is 4.97. The molecular weight excluding hydrogens is 436 g/mol. The Bertz CT molecular complexity index is 964. The first-order valence-electron chi connectivity index (χ1n) is 8.80. The molecule has 2 aromatic carbocycles. The van der Waals surface area contributed by atoms with Crippen molar-refractivity contribution in [2.75, 3.05) is 25.6 Å². The first-order valence-corrected chi connectivity index (χ1v) is 9.59. The summed E-state index contributed by atoms with van der Waals surface area (Å²) in [6.07, 6.45) is 3.11. The predicted molar refractivity (Wildman–Crippen MR) is 116 cm³/mol. The number of hydrogen-bond donors (Lipinski definition) is 1. The van der Waals surface area contributed by atoms with Crippen LogP contribution in [0.3, 0.4) is 0 Å². The number of hydrogen-bond acceptors (Lipinski definition) is 5. The summed E-state index contributed by atoms with van der Waals surface area (Å²) in [6, 6.07) is 12.4. The normalized spacial score (nSPS) is 10.6. The number of nitrogens with zero attached hydrogens (tertiary/aromatic N) is 1. The molecule has 6 nitrogen and oxygen atoms in total. The standard InChI is InChI=1S/C22H21BrN2O4/c1-4-10-29-21-17(23)12-15(13-20(21)28-5-2)11-16(14-24)22(26)25-18-8-6-7-9-19(18)27-3/h4,6-9,11-13H,1,5,10H2,2-3H3,(H,25,26)/b16-11+. The van der Waals surface area contributed by atoms with Gasteiger partial charge in [0.15, 0.2) is 11.5 Å². The molecule has 1 amide bonds. The third-order valence-corrected chi connectivity index (χ3v) is 4.30. The SMILES string of the molecule is C=CCOc1c(Br)cc(/C=C(\C#N)C(=O)Nc2ccccc2OC)cc1OCC. The first-order chi connectivity index (χ1) is 14.0. The van der Waals surface area contributed by atoms with Gasteiger partial charge in [0.05, 0.1) is 23.9 Å². The van der Waals surface area contributed by atoms with Gasteiger partial charge in [-0.3, -0.25) is 4.79 Å². The lowest BCUT2D eigenvalue weighted by molar-refractivity contribution is -0.112. The van der Waals surface area contributed by atoms with Gasteiger partial charge in [0.2, 0.25) is 0 Å². The number of carbonyl (C=O) groups excluding carboxylic acids is 1. The highest BCUT2D eigenvalue weighted by molar-refractivity contribution is 9.10. The van der Waals surface area contributed by atoms with Crippen LogP contribution in [0.25, 0.3) is 6.08 Å². The van der Waals surface area contributed by atoms with Crippen LogP contribution >= 0.6 is 15.9 Å². The molecule has 29 heavy (non-hydrogen) atoms. The molecule has 0 bridgehead atoms. The van der Waals surface area contributed by atoms with Crippen LogP contribution in [0.2, 0.25) is 0 Å². The van der Waals surface area contributed by atoms with E-state index in [4.69, 9.17) is 14.2 Å². The highest BCUT2D eigenvalue weighted by Crippen LogP contribution is 2.37. The van der Waals surface area contributed by atoms with Gasteiger partial charge in [0.1, 0.15) is 24.0 Å². The molecule has 0 aliphatic rings. The second kappa shape index (κ2) is 10.9. The van der Waals surface area contributed by atoms with Gasteiger partial charge in [0.25, 0.3) is 5.91 Å². The lowest BCUT2D eigenvalue weighted by atomic mass is 10.1. The molecule has 150 valence electrons. The maximum atomic E-state index is 12.6. The van der Waals surface area contributed by atoms with E-state index in [1.807, 2.05) is 13.0 Å². The van der Waals surface area contributed by atoms with E-state index in [2.05, 4.69) is 27.8 Å². The van der Waals surface area contributed by atoms with E-state index >= 15 is 0 Å². The van der Waals surface area contributed by atoms with Crippen molar-refractivity contribution in [3.63, 3.8) is 0 Å². The number of para-hydroxylation sites is 2. The molecule has 0 aliphatic heterocycles. The van der Waals surface area contributed by atoms with Gasteiger partial charge >= 0.3 is 0 Å². The second-order valence-corrected chi connectivity index (χ2v) is 6.54. The van der Waals surface area contributed by atoms with Crippen molar-refractivity contribution < 1.29 is 19.0 Å². The Morgan fingerprint density at radius 2 is 2.03 bits per heavy atom. The van der Waals surface area contributed by atoms with Gasteiger partial charge in [-0.05, 0) is 58.8 Å². The zero-order chi connectivity index (χ0) is 21.2. The van der Waals surface area contributed by atoms with Gasteiger partial charge in [-0.1, -0.05) is 24.8 Å². The van der Waals surface area contributed by atoms with Crippen molar-refractivity contribution >= 4 is 33.6 Å². The number of nitriles is 1. The summed E-state index contributed by atoms with van der Waals surface area (Å²) < 4.78 is 17.1. The van der Waals surface area contributed by atoms with E-state index in [1.54, 1.807) is 42.5 Å². The molecule has 2 rings (SSSR count). The number of methoxy groups -OCH3 is 1. The fourth-order valence-electron chi connectivity index (χ4n) is 2.47. The zero-order valence-electron chi connectivity index (χ0n) is 16.2. The van der Waals surface area contributed by atoms with Crippen LogP contribution in [0.1, 0.15) is 12.5 Å². The molecule has 0 spiro atoms. The van der Waals surface area contributed by atoms with Crippen molar-refractivity contribution in [2.24, 2.45) is 0 Å². The molecule has 0 atom stereocenters. The van der Waals surface area contributed by atoms with E-state index in [1.165, 1.54) is 13.2 Å². The Morgan fingerprint density at radius 1 is 1.28 bits per heavy atom. The topological polar surface area (TPSA) is 80.6 Å². The summed E-state index contributed by atoms with van der Waals surface area (Å²) >= 11 is 3.45. The number of halogens is 1. The van der Waals surface area contributed by atoms with Gasteiger partial charge in [-0.25, -0.2) is 0 Å². The smallest absolute Gasteiger partial charge is 0.266 e. The van der Waals surface area contributed by atoms with Crippen molar-refractivity contribution in [3.8, 4) is 23.3 Å². The van der Waals surface area contributed by atoms with Crippen LogP contribution in [0, 0.1) is 11.3 Å².